The SMILES string of the molecule is COC1CCN(CC(C)C(=O)NN)CC1. The van der Waals surface area contributed by atoms with E-state index in [4.69, 9.17) is 10.6 Å². The first kappa shape index (κ1) is 12.4. The van der Waals surface area contributed by atoms with Crippen LogP contribution in [0.3, 0.4) is 0 Å². The molecule has 5 nitrogen and oxygen atoms in total. The monoisotopic (exact) mass is 215 g/mol. The molecule has 1 aliphatic rings. The fourth-order valence-corrected chi connectivity index (χ4v) is 1.94. The van der Waals surface area contributed by atoms with Gasteiger partial charge in [0.1, 0.15) is 0 Å². The van der Waals surface area contributed by atoms with Crippen LogP contribution in [-0.2, 0) is 9.53 Å². The Labute approximate surface area is 90.9 Å². The summed E-state index contributed by atoms with van der Waals surface area (Å²) in [4.78, 5) is 13.5. The van der Waals surface area contributed by atoms with Gasteiger partial charge < -0.3 is 9.64 Å². The highest BCUT2D eigenvalue weighted by atomic mass is 16.5. The van der Waals surface area contributed by atoms with Gasteiger partial charge in [0.05, 0.1) is 6.10 Å². The summed E-state index contributed by atoms with van der Waals surface area (Å²) in [5.74, 6) is 4.94. The fourth-order valence-electron chi connectivity index (χ4n) is 1.94. The van der Waals surface area contributed by atoms with Crippen LogP contribution >= 0.6 is 0 Å². The summed E-state index contributed by atoms with van der Waals surface area (Å²) >= 11 is 0. The second-order valence-corrected chi connectivity index (χ2v) is 4.15. The third-order valence-electron chi connectivity index (χ3n) is 2.99. The van der Waals surface area contributed by atoms with Crippen LogP contribution in [-0.4, -0.2) is 43.7 Å². The normalized spacial score (nSPS) is 21.3. The van der Waals surface area contributed by atoms with E-state index in [1.165, 1.54) is 0 Å². The number of methoxy groups -OCH3 is 1. The minimum Gasteiger partial charge on any atom is -0.381 e. The third kappa shape index (κ3) is 3.77. The van der Waals surface area contributed by atoms with Crippen LogP contribution in [0.25, 0.3) is 0 Å². The van der Waals surface area contributed by atoms with Crippen molar-refractivity contribution in [2.45, 2.75) is 25.9 Å². The van der Waals surface area contributed by atoms with Crippen molar-refractivity contribution in [2.24, 2.45) is 11.8 Å². The van der Waals surface area contributed by atoms with Crippen LogP contribution in [0.15, 0.2) is 0 Å². The molecule has 1 fully saturated rings. The summed E-state index contributed by atoms with van der Waals surface area (Å²) in [7, 11) is 1.75. The van der Waals surface area contributed by atoms with Gasteiger partial charge in [0.2, 0.25) is 5.91 Å². The lowest BCUT2D eigenvalue weighted by Crippen LogP contribution is -2.44. The number of piperidine rings is 1. The number of hydrazine groups is 1. The molecule has 1 atom stereocenters. The van der Waals surface area contributed by atoms with Crippen molar-refractivity contribution in [3.63, 3.8) is 0 Å². The summed E-state index contributed by atoms with van der Waals surface area (Å²) in [6.45, 7) is 4.67. The highest BCUT2D eigenvalue weighted by molar-refractivity contribution is 5.77. The Morgan fingerprint density at radius 1 is 1.60 bits per heavy atom. The number of hydrogen-bond acceptors (Lipinski definition) is 4. The van der Waals surface area contributed by atoms with E-state index in [-0.39, 0.29) is 11.8 Å². The number of nitrogens with one attached hydrogen (secondary N) is 1. The van der Waals surface area contributed by atoms with Gasteiger partial charge >= 0.3 is 0 Å². The second-order valence-electron chi connectivity index (χ2n) is 4.15. The average Bonchev–Trinajstić information content (AvgIpc) is 2.29. The quantitative estimate of drug-likeness (QED) is 0.384. The van der Waals surface area contributed by atoms with E-state index in [0.29, 0.717) is 6.10 Å². The summed E-state index contributed by atoms with van der Waals surface area (Å²) in [6.07, 6.45) is 2.49. The minimum absolute atomic E-state index is 0.0471. The first-order valence-electron chi connectivity index (χ1n) is 5.43. The molecule has 1 amide bonds. The van der Waals surface area contributed by atoms with Crippen LogP contribution in [0.2, 0.25) is 0 Å². The lowest BCUT2D eigenvalue weighted by Gasteiger charge is -2.32. The zero-order chi connectivity index (χ0) is 11.3. The molecule has 0 aromatic carbocycles. The smallest absolute Gasteiger partial charge is 0.237 e. The number of carbonyl (C=O) groups excluding carboxylic acids is 1. The molecule has 88 valence electrons. The van der Waals surface area contributed by atoms with Gasteiger partial charge in [-0.1, -0.05) is 6.92 Å². The third-order valence-corrected chi connectivity index (χ3v) is 2.99. The maximum atomic E-state index is 11.2. The number of amides is 1. The Bertz CT molecular complexity index is 203. The maximum Gasteiger partial charge on any atom is 0.237 e. The van der Waals surface area contributed by atoms with Gasteiger partial charge in [-0.25, -0.2) is 5.84 Å². The Balaban J connectivity index is 2.26. The molecule has 1 heterocycles. The number of likely N-dealkylation sites (tertiary alicyclic amines) is 1. The van der Waals surface area contributed by atoms with Crippen LogP contribution in [0, 0.1) is 5.92 Å². The summed E-state index contributed by atoms with van der Waals surface area (Å²) in [5.41, 5.74) is 2.18. The average molecular weight is 215 g/mol. The zero-order valence-electron chi connectivity index (χ0n) is 9.53. The molecular weight excluding hydrogens is 194 g/mol. The molecule has 1 aliphatic heterocycles. The van der Waals surface area contributed by atoms with Gasteiger partial charge in [-0.05, 0) is 12.8 Å². The minimum atomic E-state index is -0.0936. The fraction of sp³-hybridized carbons (Fsp3) is 0.900. The largest absolute Gasteiger partial charge is 0.381 e. The van der Waals surface area contributed by atoms with Crippen molar-refractivity contribution in [2.75, 3.05) is 26.7 Å². The molecule has 1 unspecified atom stereocenters. The number of nitrogens with two attached hydrogens (primary N) is 1. The number of ether oxygens (including phenoxy) is 1. The molecule has 1 saturated heterocycles. The van der Waals surface area contributed by atoms with Crippen molar-refractivity contribution in [1.29, 1.82) is 0 Å². The van der Waals surface area contributed by atoms with Crippen LogP contribution in [0.4, 0.5) is 0 Å². The van der Waals surface area contributed by atoms with Crippen molar-refractivity contribution in [1.82, 2.24) is 10.3 Å². The summed E-state index contributed by atoms with van der Waals surface area (Å²) in [6, 6.07) is 0. The Hall–Kier alpha value is -0.650. The van der Waals surface area contributed by atoms with Gasteiger partial charge in [0.15, 0.2) is 0 Å². The van der Waals surface area contributed by atoms with E-state index in [1.807, 2.05) is 6.92 Å². The molecule has 1 rings (SSSR count). The predicted octanol–water partition coefficient (Wildman–Crippen LogP) is -0.277. The molecule has 5 heteroatoms. The Morgan fingerprint density at radius 2 is 2.20 bits per heavy atom. The van der Waals surface area contributed by atoms with Crippen LogP contribution < -0.4 is 11.3 Å². The highest BCUT2D eigenvalue weighted by Gasteiger charge is 2.22. The van der Waals surface area contributed by atoms with Crippen molar-refractivity contribution >= 4 is 5.91 Å². The number of carbonyl (C=O) groups is 1. The van der Waals surface area contributed by atoms with Gasteiger partial charge in [0.25, 0.3) is 0 Å². The van der Waals surface area contributed by atoms with Crippen molar-refractivity contribution in [3.8, 4) is 0 Å². The Kier molecular flexibility index (Phi) is 5.01. The molecule has 0 radical (unpaired) electrons. The van der Waals surface area contributed by atoms with Crippen molar-refractivity contribution in [3.05, 3.63) is 0 Å². The van der Waals surface area contributed by atoms with E-state index in [0.717, 1.165) is 32.5 Å². The van der Waals surface area contributed by atoms with Gasteiger partial charge in [0, 0.05) is 32.7 Å². The van der Waals surface area contributed by atoms with Gasteiger partial charge in [-0.3, -0.25) is 10.2 Å². The summed E-state index contributed by atoms with van der Waals surface area (Å²) in [5, 5.41) is 0. The first-order valence-corrected chi connectivity index (χ1v) is 5.43. The second kappa shape index (κ2) is 6.05. The number of rotatable bonds is 4. The molecule has 0 aliphatic carbocycles. The van der Waals surface area contributed by atoms with E-state index >= 15 is 0 Å². The highest BCUT2D eigenvalue weighted by Crippen LogP contribution is 2.14. The number of hydrogen-bond donors (Lipinski definition) is 2. The first-order chi connectivity index (χ1) is 7.17. The molecule has 15 heavy (non-hydrogen) atoms. The van der Waals surface area contributed by atoms with E-state index < -0.39 is 0 Å². The number of nitrogens with zero attached hydrogens (tertiary/aromatic N) is 1. The molecule has 3 N–H and O–H groups in total. The summed E-state index contributed by atoms with van der Waals surface area (Å²) < 4.78 is 5.29. The van der Waals surface area contributed by atoms with Crippen LogP contribution in [0.5, 0.6) is 0 Å². The van der Waals surface area contributed by atoms with Gasteiger partial charge in [-0.2, -0.15) is 0 Å². The molecule has 0 saturated carbocycles. The molecule has 0 aromatic rings. The topological polar surface area (TPSA) is 67.6 Å². The van der Waals surface area contributed by atoms with E-state index in [9.17, 15) is 4.79 Å². The molecule has 0 bridgehead atoms. The lowest BCUT2D eigenvalue weighted by atomic mass is 10.1. The van der Waals surface area contributed by atoms with Crippen LogP contribution in [0.1, 0.15) is 19.8 Å². The Morgan fingerprint density at radius 3 is 2.67 bits per heavy atom. The predicted molar refractivity (Wildman–Crippen MR) is 58.0 cm³/mol. The van der Waals surface area contributed by atoms with E-state index in [2.05, 4.69) is 10.3 Å². The van der Waals surface area contributed by atoms with E-state index in [1.54, 1.807) is 7.11 Å². The maximum absolute atomic E-state index is 11.2. The van der Waals surface area contributed by atoms with Crippen molar-refractivity contribution < 1.29 is 9.53 Å². The zero-order valence-corrected chi connectivity index (χ0v) is 9.53. The lowest BCUT2D eigenvalue weighted by molar-refractivity contribution is -0.125. The molecule has 0 aromatic heterocycles. The molecular formula is C10H21N3O2. The standard InChI is InChI=1S/C10H21N3O2/c1-8(10(14)12-11)7-13-5-3-9(15-2)4-6-13/h8-9H,3-7,11H2,1-2H3,(H,12,14). The molecule has 0 spiro atoms. The van der Waals surface area contributed by atoms with Gasteiger partial charge in [-0.15, -0.1) is 0 Å².